The molecule has 0 aliphatic carbocycles. The number of rotatable bonds is 4. The van der Waals surface area contributed by atoms with Crippen molar-refractivity contribution in [3.8, 4) is 0 Å². The van der Waals surface area contributed by atoms with E-state index in [1.165, 1.54) is 0 Å². The Morgan fingerprint density at radius 1 is 1.82 bits per heavy atom. The lowest BCUT2D eigenvalue weighted by Crippen LogP contribution is -2.45. The maximum absolute atomic E-state index is 11.0. The van der Waals surface area contributed by atoms with Crippen LogP contribution >= 0.6 is 0 Å². The van der Waals surface area contributed by atoms with Crippen molar-refractivity contribution in [2.75, 3.05) is 14.1 Å². The number of carbonyl (C=O) groups is 1. The van der Waals surface area contributed by atoms with E-state index in [1.54, 1.807) is 11.0 Å². The third kappa shape index (κ3) is 3.15. The predicted octanol–water partition coefficient (Wildman–Crippen LogP) is -0.517. The first-order valence-corrected chi connectivity index (χ1v) is 3.41. The van der Waals surface area contributed by atoms with E-state index in [0.29, 0.717) is 6.42 Å². The maximum Gasteiger partial charge on any atom is 0.251 e. The molecule has 0 aliphatic heterocycles. The molecule has 11 heavy (non-hydrogen) atoms. The lowest BCUT2D eigenvalue weighted by atomic mass is 10.2. The Morgan fingerprint density at radius 2 is 2.36 bits per heavy atom. The Kier molecular flexibility index (Phi) is 4.49. The summed E-state index contributed by atoms with van der Waals surface area (Å²) in [6.07, 6.45) is 2.30. The normalized spacial score (nSPS) is 12.7. The van der Waals surface area contributed by atoms with E-state index in [0.717, 1.165) is 0 Å². The lowest BCUT2D eigenvalue weighted by molar-refractivity contribution is -0.125. The minimum Gasteiger partial charge on any atom is -0.298 e. The van der Waals surface area contributed by atoms with Crippen LogP contribution in [0.2, 0.25) is 0 Å². The number of carbonyl (C=O) groups excluding carboxylic acids is 1. The van der Waals surface area contributed by atoms with Crippen molar-refractivity contribution in [3.63, 3.8) is 0 Å². The molecule has 0 spiro atoms. The number of likely N-dealkylation sites (N-methyl/N-ethyl adjacent to an activating group) is 1. The first kappa shape index (κ1) is 10.1. The average molecular weight is 157 g/mol. The van der Waals surface area contributed by atoms with Crippen molar-refractivity contribution in [2.45, 2.75) is 12.5 Å². The van der Waals surface area contributed by atoms with Crippen LogP contribution in [0.1, 0.15) is 6.42 Å². The SMILES string of the molecule is C=CCC(C(=O)NN)N(C)C. The summed E-state index contributed by atoms with van der Waals surface area (Å²) in [5.74, 6) is 4.80. The molecule has 1 amide bonds. The lowest BCUT2D eigenvalue weighted by Gasteiger charge is -2.20. The van der Waals surface area contributed by atoms with Gasteiger partial charge in [-0.25, -0.2) is 5.84 Å². The van der Waals surface area contributed by atoms with Crippen LogP contribution < -0.4 is 11.3 Å². The van der Waals surface area contributed by atoms with Gasteiger partial charge in [0, 0.05) is 0 Å². The van der Waals surface area contributed by atoms with Crippen molar-refractivity contribution in [1.82, 2.24) is 10.3 Å². The van der Waals surface area contributed by atoms with E-state index in [9.17, 15) is 4.79 Å². The summed E-state index contributed by atoms with van der Waals surface area (Å²) >= 11 is 0. The van der Waals surface area contributed by atoms with Crippen LogP contribution in [0.3, 0.4) is 0 Å². The summed E-state index contributed by atoms with van der Waals surface area (Å²) in [6, 6.07) is -0.211. The van der Waals surface area contributed by atoms with Crippen LogP contribution in [0.5, 0.6) is 0 Å². The van der Waals surface area contributed by atoms with Crippen molar-refractivity contribution in [1.29, 1.82) is 0 Å². The summed E-state index contributed by atoms with van der Waals surface area (Å²) in [6.45, 7) is 3.55. The van der Waals surface area contributed by atoms with E-state index in [2.05, 4.69) is 12.0 Å². The zero-order valence-corrected chi connectivity index (χ0v) is 7.00. The molecule has 0 saturated carbocycles. The molecule has 0 aromatic carbocycles. The van der Waals surface area contributed by atoms with Gasteiger partial charge < -0.3 is 0 Å². The van der Waals surface area contributed by atoms with Crippen molar-refractivity contribution in [3.05, 3.63) is 12.7 Å². The Hall–Kier alpha value is -0.870. The van der Waals surface area contributed by atoms with Gasteiger partial charge in [-0.05, 0) is 20.5 Å². The van der Waals surface area contributed by atoms with Crippen LogP contribution in [0.15, 0.2) is 12.7 Å². The van der Waals surface area contributed by atoms with Gasteiger partial charge in [-0.1, -0.05) is 6.08 Å². The molecule has 0 radical (unpaired) electrons. The molecule has 4 nitrogen and oxygen atoms in total. The van der Waals surface area contributed by atoms with E-state index < -0.39 is 0 Å². The highest BCUT2D eigenvalue weighted by molar-refractivity contribution is 5.81. The number of nitrogens with two attached hydrogens (primary N) is 1. The Morgan fingerprint density at radius 3 is 2.64 bits per heavy atom. The molecule has 0 rings (SSSR count). The van der Waals surface area contributed by atoms with Gasteiger partial charge in [-0.3, -0.25) is 15.1 Å². The minimum absolute atomic E-state index is 0.185. The Bertz CT molecular complexity index is 145. The van der Waals surface area contributed by atoms with Gasteiger partial charge >= 0.3 is 0 Å². The van der Waals surface area contributed by atoms with Crippen molar-refractivity contribution < 1.29 is 4.79 Å². The number of amides is 1. The predicted molar refractivity (Wildman–Crippen MR) is 44.6 cm³/mol. The van der Waals surface area contributed by atoms with Gasteiger partial charge in [0.2, 0.25) is 0 Å². The number of nitrogens with one attached hydrogen (secondary N) is 1. The van der Waals surface area contributed by atoms with Crippen molar-refractivity contribution in [2.24, 2.45) is 5.84 Å². The molecule has 1 unspecified atom stereocenters. The molecule has 0 heterocycles. The Labute approximate surface area is 67.0 Å². The summed E-state index contributed by atoms with van der Waals surface area (Å²) in [5, 5.41) is 0. The zero-order chi connectivity index (χ0) is 8.85. The smallest absolute Gasteiger partial charge is 0.251 e. The number of hydrazine groups is 1. The summed E-state index contributed by atoms with van der Waals surface area (Å²) in [4.78, 5) is 12.8. The van der Waals surface area contributed by atoms with Crippen molar-refractivity contribution >= 4 is 5.91 Å². The second-order valence-electron chi connectivity index (χ2n) is 2.51. The topological polar surface area (TPSA) is 58.4 Å². The second kappa shape index (κ2) is 4.87. The molecule has 0 bridgehead atoms. The molecule has 0 saturated heterocycles. The van der Waals surface area contributed by atoms with E-state index >= 15 is 0 Å². The molecule has 64 valence electrons. The highest BCUT2D eigenvalue weighted by Gasteiger charge is 2.17. The second-order valence-corrected chi connectivity index (χ2v) is 2.51. The molecule has 3 N–H and O–H groups in total. The maximum atomic E-state index is 11.0. The monoisotopic (exact) mass is 157 g/mol. The molecule has 4 heteroatoms. The number of hydrogen-bond donors (Lipinski definition) is 2. The van der Waals surface area contributed by atoms with Gasteiger partial charge in [0.15, 0.2) is 0 Å². The fraction of sp³-hybridized carbons (Fsp3) is 0.571. The molecule has 0 aromatic rings. The zero-order valence-electron chi connectivity index (χ0n) is 7.00. The minimum atomic E-state index is -0.211. The van der Waals surface area contributed by atoms with E-state index in [1.807, 2.05) is 14.1 Å². The van der Waals surface area contributed by atoms with Gasteiger partial charge in [0.05, 0.1) is 6.04 Å². The first-order valence-electron chi connectivity index (χ1n) is 3.41. The summed E-state index contributed by atoms with van der Waals surface area (Å²) in [5.41, 5.74) is 2.10. The molecule has 1 atom stereocenters. The summed E-state index contributed by atoms with van der Waals surface area (Å²) < 4.78 is 0. The highest BCUT2D eigenvalue weighted by Crippen LogP contribution is 1.99. The van der Waals surface area contributed by atoms with Crippen LogP contribution in [0.25, 0.3) is 0 Å². The molecular weight excluding hydrogens is 142 g/mol. The van der Waals surface area contributed by atoms with Gasteiger partial charge in [-0.2, -0.15) is 0 Å². The average Bonchev–Trinajstić information content (AvgIpc) is 1.98. The largest absolute Gasteiger partial charge is 0.298 e. The Balaban J connectivity index is 4.08. The van der Waals surface area contributed by atoms with E-state index in [-0.39, 0.29) is 11.9 Å². The third-order valence-electron chi connectivity index (χ3n) is 1.46. The first-order chi connectivity index (χ1) is 5.13. The third-order valence-corrected chi connectivity index (χ3v) is 1.46. The summed E-state index contributed by atoms with van der Waals surface area (Å²) in [7, 11) is 3.65. The molecule has 0 aromatic heterocycles. The highest BCUT2D eigenvalue weighted by atomic mass is 16.2. The molecule has 0 aliphatic rings. The molecule has 0 fully saturated rings. The number of hydrogen-bond acceptors (Lipinski definition) is 3. The van der Waals surface area contributed by atoms with Crippen LogP contribution in [-0.4, -0.2) is 30.9 Å². The quantitative estimate of drug-likeness (QED) is 0.250. The van der Waals surface area contributed by atoms with Crippen LogP contribution in [-0.2, 0) is 4.79 Å². The molecular formula is C7H15N3O. The van der Waals surface area contributed by atoms with Crippen LogP contribution in [0, 0.1) is 0 Å². The number of nitrogens with zero attached hydrogens (tertiary/aromatic N) is 1. The van der Waals surface area contributed by atoms with Gasteiger partial charge in [0.1, 0.15) is 0 Å². The van der Waals surface area contributed by atoms with E-state index in [4.69, 9.17) is 5.84 Å². The standard InChI is InChI=1S/C7H15N3O/c1-4-5-6(10(2)3)7(11)9-8/h4,6H,1,5,8H2,2-3H3,(H,9,11). The fourth-order valence-electron chi connectivity index (χ4n) is 0.806. The van der Waals surface area contributed by atoms with Gasteiger partial charge in [-0.15, -0.1) is 6.58 Å². The van der Waals surface area contributed by atoms with Gasteiger partial charge in [0.25, 0.3) is 5.91 Å². The van der Waals surface area contributed by atoms with Crippen LogP contribution in [0.4, 0.5) is 0 Å². The fourth-order valence-corrected chi connectivity index (χ4v) is 0.806.